The average Bonchev–Trinajstić information content (AvgIpc) is 3.36. The quantitative estimate of drug-likeness (QED) is 0.394. The highest BCUT2D eigenvalue weighted by atomic mass is 79.9. The molecule has 11 heteroatoms. The normalized spacial score (nSPS) is 21.2. The van der Waals surface area contributed by atoms with E-state index in [0.717, 1.165) is 43.9 Å². The molecule has 2 atom stereocenters. The predicted octanol–water partition coefficient (Wildman–Crippen LogP) is 4.66. The third-order valence-electron chi connectivity index (χ3n) is 8.29. The van der Waals surface area contributed by atoms with Crippen molar-refractivity contribution < 1.29 is 14.7 Å². The number of carbonyl (C=O) groups is 2. The maximum absolute atomic E-state index is 13.4. The number of piperazine rings is 1. The van der Waals surface area contributed by atoms with Crippen LogP contribution in [0.2, 0.25) is 5.02 Å². The first-order valence-corrected chi connectivity index (χ1v) is 13.9. The number of nitrogens with one attached hydrogen (secondary N) is 2. The summed E-state index contributed by atoms with van der Waals surface area (Å²) < 4.78 is 1.92. The van der Waals surface area contributed by atoms with E-state index in [-0.39, 0.29) is 68.6 Å². The fraction of sp³-hybridized carbons (Fsp3) is 0.571. The van der Waals surface area contributed by atoms with Gasteiger partial charge in [-0.15, -0.1) is 34.0 Å². The molecule has 0 bridgehead atoms. The lowest BCUT2D eigenvalue weighted by Crippen LogP contribution is -2.53. The number of hydrogen-bond acceptors (Lipinski definition) is 5. The second kappa shape index (κ2) is 14.3. The summed E-state index contributed by atoms with van der Waals surface area (Å²) in [6, 6.07) is 6.82. The van der Waals surface area contributed by atoms with Crippen molar-refractivity contribution in [2.75, 3.05) is 46.3 Å². The van der Waals surface area contributed by atoms with Gasteiger partial charge in [0.1, 0.15) is 11.4 Å². The van der Waals surface area contributed by atoms with Crippen LogP contribution in [0.5, 0.6) is 5.75 Å². The summed E-state index contributed by atoms with van der Waals surface area (Å²) in [5, 5.41) is 16.4. The van der Waals surface area contributed by atoms with E-state index >= 15 is 0 Å². The van der Waals surface area contributed by atoms with E-state index in [4.69, 9.17) is 11.6 Å². The number of carbonyl (C=O) groups excluding carboxylic acids is 2. The first-order chi connectivity index (χ1) is 17.9. The Kier molecular flexibility index (Phi) is 11.7. The fourth-order valence-corrected chi connectivity index (χ4v) is 6.20. The van der Waals surface area contributed by atoms with Gasteiger partial charge in [-0.25, -0.2) is 0 Å². The van der Waals surface area contributed by atoms with Gasteiger partial charge in [0, 0.05) is 63.5 Å². The molecule has 1 aliphatic carbocycles. The lowest BCUT2D eigenvalue weighted by Gasteiger charge is -2.38. The van der Waals surface area contributed by atoms with Crippen molar-refractivity contribution in [3.8, 4) is 16.9 Å². The van der Waals surface area contributed by atoms with Crippen LogP contribution in [0.1, 0.15) is 55.1 Å². The zero-order valence-electron chi connectivity index (χ0n) is 22.4. The Morgan fingerprint density at radius 2 is 1.82 bits per heavy atom. The van der Waals surface area contributed by atoms with Crippen molar-refractivity contribution in [3.63, 3.8) is 0 Å². The number of phenolic OH excluding ortho intramolecular Hbond substituents is 1. The van der Waals surface area contributed by atoms with Gasteiger partial charge in [-0.2, -0.15) is 0 Å². The molecule has 2 amide bonds. The van der Waals surface area contributed by atoms with Crippen LogP contribution in [0.3, 0.4) is 0 Å². The van der Waals surface area contributed by atoms with Crippen molar-refractivity contribution in [2.24, 2.45) is 5.92 Å². The number of rotatable bonds is 7. The molecule has 1 saturated heterocycles. The molecule has 0 radical (unpaired) electrons. The molecule has 3 aliphatic rings. The van der Waals surface area contributed by atoms with Gasteiger partial charge < -0.3 is 25.2 Å². The number of amides is 2. The van der Waals surface area contributed by atoms with Gasteiger partial charge >= 0.3 is 0 Å². The number of phenols is 1. The molecule has 216 valence electrons. The molecular formula is C28H40Br2ClN5O3. The van der Waals surface area contributed by atoms with Crippen LogP contribution in [0.15, 0.2) is 30.5 Å². The Morgan fingerprint density at radius 3 is 2.51 bits per heavy atom. The zero-order chi connectivity index (χ0) is 25.9. The SMILES string of the molecule is Br.Br.CN1CCN(C[C@@H](NC(=O)C[C@H]2CNC(=O)c3cc(-c4ccc(O)c(Cl)c4)cn32)C2CCCCC2)CC1. The maximum Gasteiger partial charge on any atom is 0.268 e. The topological polar surface area (TPSA) is 89.8 Å². The van der Waals surface area contributed by atoms with Crippen molar-refractivity contribution in [1.29, 1.82) is 0 Å². The number of nitrogens with zero attached hydrogens (tertiary/aromatic N) is 3. The van der Waals surface area contributed by atoms with E-state index < -0.39 is 0 Å². The number of likely N-dealkylation sites (N-methyl/N-ethyl adjacent to an activating group) is 1. The van der Waals surface area contributed by atoms with Gasteiger partial charge in [0.2, 0.25) is 5.91 Å². The Bertz CT molecular complexity index is 1130. The van der Waals surface area contributed by atoms with Gasteiger partial charge in [-0.1, -0.05) is 36.9 Å². The molecular weight excluding hydrogens is 650 g/mol. The van der Waals surface area contributed by atoms with Crippen molar-refractivity contribution in [3.05, 3.63) is 41.2 Å². The summed E-state index contributed by atoms with van der Waals surface area (Å²) in [5.41, 5.74) is 2.17. The molecule has 0 unspecified atom stereocenters. The molecule has 39 heavy (non-hydrogen) atoms. The summed E-state index contributed by atoms with van der Waals surface area (Å²) in [6.45, 7) is 5.54. The van der Waals surface area contributed by atoms with Crippen molar-refractivity contribution >= 4 is 57.4 Å². The molecule has 5 rings (SSSR count). The van der Waals surface area contributed by atoms with Crippen LogP contribution < -0.4 is 10.6 Å². The molecule has 0 spiro atoms. The van der Waals surface area contributed by atoms with Crippen molar-refractivity contribution in [1.82, 2.24) is 25.0 Å². The number of benzene rings is 1. The Balaban J connectivity index is 0.00000210. The summed E-state index contributed by atoms with van der Waals surface area (Å²) in [7, 11) is 2.16. The summed E-state index contributed by atoms with van der Waals surface area (Å²) in [4.78, 5) is 30.9. The van der Waals surface area contributed by atoms with Gasteiger partial charge in [-0.3, -0.25) is 14.5 Å². The highest BCUT2D eigenvalue weighted by Crippen LogP contribution is 2.33. The van der Waals surface area contributed by atoms with E-state index in [9.17, 15) is 14.7 Å². The van der Waals surface area contributed by atoms with E-state index in [1.165, 1.54) is 32.1 Å². The molecule has 1 aromatic carbocycles. The lowest BCUT2D eigenvalue weighted by molar-refractivity contribution is -0.123. The Morgan fingerprint density at radius 1 is 1.10 bits per heavy atom. The Labute approximate surface area is 257 Å². The zero-order valence-corrected chi connectivity index (χ0v) is 26.6. The van der Waals surface area contributed by atoms with E-state index in [1.807, 2.05) is 16.8 Å². The number of halogens is 3. The van der Waals surface area contributed by atoms with Gasteiger partial charge in [-0.05, 0) is 49.6 Å². The van der Waals surface area contributed by atoms with Gasteiger partial charge in [0.15, 0.2) is 0 Å². The molecule has 2 fully saturated rings. The fourth-order valence-electron chi connectivity index (χ4n) is 6.02. The summed E-state index contributed by atoms with van der Waals surface area (Å²) in [5.74, 6) is 0.435. The maximum atomic E-state index is 13.4. The van der Waals surface area contributed by atoms with Crippen LogP contribution in [0.25, 0.3) is 11.1 Å². The number of hydrogen-bond donors (Lipinski definition) is 3. The van der Waals surface area contributed by atoms with Crippen LogP contribution in [0.4, 0.5) is 0 Å². The molecule has 3 N–H and O–H groups in total. The third kappa shape index (κ3) is 7.79. The van der Waals surface area contributed by atoms with Crippen molar-refractivity contribution in [2.45, 2.75) is 50.6 Å². The van der Waals surface area contributed by atoms with E-state index in [2.05, 4.69) is 27.5 Å². The molecule has 3 heterocycles. The average molecular weight is 690 g/mol. The lowest BCUT2D eigenvalue weighted by atomic mass is 9.83. The Hall–Kier alpha value is -1.59. The summed E-state index contributed by atoms with van der Waals surface area (Å²) in [6.07, 6.45) is 8.35. The molecule has 2 aliphatic heterocycles. The highest BCUT2D eigenvalue weighted by Gasteiger charge is 2.31. The van der Waals surface area contributed by atoms with E-state index in [0.29, 0.717) is 24.6 Å². The van der Waals surface area contributed by atoms with Crippen LogP contribution in [-0.4, -0.2) is 83.6 Å². The highest BCUT2D eigenvalue weighted by molar-refractivity contribution is 8.93. The monoisotopic (exact) mass is 687 g/mol. The standard InChI is InChI=1S/C28H38ClN5O3.2BrH/c1-32-9-11-33(12-10-32)18-24(19-5-3-2-4-6-19)31-27(36)15-22-16-30-28(37)25-14-21(17-34(22)25)20-7-8-26(35)23(29)13-20;;/h7-8,13-14,17,19,22,24,35H,2-6,9-12,15-16,18H2,1H3,(H,30,37)(H,31,36);2*1H/t22-,24+;;/m0../s1. The number of fused-ring (bicyclic) bond motifs is 1. The van der Waals surface area contributed by atoms with Gasteiger partial charge in [0.05, 0.1) is 11.1 Å². The molecule has 1 saturated carbocycles. The largest absolute Gasteiger partial charge is 0.506 e. The second-order valence-electron chi connectivity index (χ2n) is 10.9. The minimum atomic E-state index is -0.162. The second-order valence-corrected chi connectivity index (χ2v) is 11.3. The smallest absolute Gasteiger partial charge is 0.268 e. The van der Waals surface area contributed by atoms with Gasteiger partial charge in [0.25, 0.3) is 5.91 Å². The molecule has 8 nitrogen and oxygen atoms in total. The number of aromatic hydroxyl groups is 1. The minimum Gasteiger partial charge on any atom is -0.506 e. The minimum absolute atomic E-state index is 0. The first kappa shape index (κ1) is 31.9. The number of aromatic nitrogens is 1. The molecule has 2 aromatic rings. The first-order valence-electron chi connectivity index (χ1n) is 13.6. The summed E-state index contributed by atoms with van der Waals surface area (Å²) >= 11 is 6.11. The van der Waals surface area contributed by atoms with Crippen LogP contribution in [0, 0.1) is 5.92 Å². The van der Waals surface area contributed by atoms with Crippen LogP contribution in [-0.2, 0) is 4.79 Å². The van der Waals surface area contributed by atoms with E-state index in [1.54, 1.807) is 18.2 Å². The predicted molar refractivity (Wildman–Crippen MR) is 166 cm³/mol. The third-order valence-corrected chi connectivity index (χ3v) is 8.59. The molecule has 1 aromatic heterocycles. The van der Waals surface area contributed by atoms with Crippen LogP contribution >= 0.6 is 45.6 Å².